The van der Waals surface area contributed by atoms with E-state index in [-0.39, 0.29) is 31.1 Å². The molecule has 0 heterocycles. The quantitative estimate of drug-likeness (QED) is 0.0262. The molecule has 0 saturated heterocycles. The number of carbonyl (C=O) groups is 3. The number of carbonyl (C=O) groups excluding carboxylic acids is 3. The summed E-state index contributed by atoms with van der Waals surface area (Å²) in [5, 5.41) is 0. The fraction of sp³-hybridized carbons (Fsp3) is 0.847. The van der Waals surface area contributed by atoms with Crippen LogP contribution in [0.5, 0.6) is 0 Å². The normalized spacial score (nSPS) is 12.2. The molecule has 0 aliphatic heterocycles. The van der Waals surface area contributed by atoms with Gasteiger partial charge in [-0.15, -0.1) is 0 Å². The Labute approximate surface area is 404 Å². The molecule has 0 amide bonds. The summed E-state index contributed by atoms with van der Waals surface area (Å²) in [5.41, 5.74) is 0. The van der Waals surface area contributed by atoms with Gasteiger partial charge in [0, 0.05) is 19.3 Å². The SMILES string of the molecule is CCCCC/C=C\C/C=C\CCCCCCCC(=O)OC[C@H](COC(=O)CCCCCCCCCCC/C=C\CCCCCCCC)OC(=O)CCCCCCCCCCCCCCC. The van der Waals surface area contributed by atoms with Crippen molar-refractivity contribution in [3.63, 3.8) is 0 Å². The molecule has 0 saturated carbocycles. The van der Waals surface area contributed by atoms with E-state index in [1.165, 1.54) is 186 Å². The second kappa shape index (κ2) is 54.2. The lowest BCUT2D eigenvalue weighted by molar-refractivity contribution is -0.167. The van der Waals surface area contributed by atoms with Crippen LogP contribution < -0.4 is 0 Å². The molecule has 0 aromatic rings. The first-order valence-electron chi connectivity index (χ1n) is 28.5. The molecular weight excluding hydrogens is 805 g/mol. The summed E-state index contributed by atoms with van der Waals surface area (Å²) in [7, 11) is 0. The molecule has 65 heavy (non-hydrogen) atoms. The molecule has 0 unspecified atom stereocenters. The fourth-order valence-electron chi connectivity index (χ4n) is 8.29. The topological polar surface area (TPSA) is 78.9 Å². The van der Waals surface area contributed by atoms with Gasteiger partial charge in [-0.25, -0.2) is 0 Å². The van der Waals surface area contributed by atoms with Crippen LogP contribution in [-0.2, 0) is 28.6 Å². The van der Waals surface area contributed by atoms with E-state index in [9.17, 15) is 14.4 Å². The molecule has 380 valence electrons. The van der Waals surface area contributed by atoms with E-state index in [0.717, 1.165) is 77.0 Å². The molecule has 6 nitrogen and oxygen atoms in total. The maximum Gasteiger partial charge on any atom is 0.306 e. The Kier molecular flexibility index (Phi) is 52.3. The van der Waals surface area contributed by atoms with Gasteiger partial charge in [-0.3, -0.25) is 14.4 Å². The summed E-state index contributed by atoms with van der Waals surface area (Å²) < 4.78 is 16.9. The lowest BCUT2D eigenvalue weighted by Gasteiger charge is -2.18. The van der Waals surface area contributed by atoms with Crippen molar-refractivity contribution in [2.24, 2.45) is 0 Å². The molecule has 0 N–H and O–H groups in total. The molecule has 0 aromatic carbocycles. The molecule has 0 rings (SSSR count). The van der Waals surface area contributed by atoms with Crippen molar-refractivity contribution in [1.29, 1.82) is 0 Å². The Hall–Kier alpha value is -2.37. The summed E-state index contributed by atoms with van der Waals surface area (Å²) in [5.74, 6) is -0.875. The van der Waals surface area contributed by atoms with Gasteiger partial charge in [0.1, 0.15) is 13.2 Å². The van der Waals surface area contributed by atoms with Crippen LogP contribution in [0.4, 0.5) is 0 Å². The van der Waals surface area contributed by atoms with Crippen molar-refractivity contribution in [1.82, 2.24) is 0 Å². The summed E-state index contributed by atoms with van der Waals surface area (Å²) in [4.78, 5) is 38.1. The van der Waals surface area contributed by atoms with E-state index in [0.29, 0.717) is 19.3 Å². The van der Waals surface area contributed by atoms with Gasteiger partial charge in [-0.2, -0.15) is 0 Å². The third-order valence-electron chi connectivity index (χ3n) is 12.6. The van der Waals surface area contributed by atoms with Crippen LogP contribution in [0.25, 0.3) is 0 Å². The van der Waals surface area contributed by atoms with Gasteiger partial charge in [0.25, 0.3) is 0 Å². The van der Waals surface area contributed by atoms with Crippen molar-refractivity contribution in [3.05, 3.63) is 36.5 Å². The number of ether oxygens (including phenoxy) is 3. The summed E-state index contributed by atoms with van der Waals surface area (Å²) in [6.07, 6.45) is 64.1. The highest BCUT2D eigenvalue weighted by Gasteiger charge is 2.19. The summed E-state index contributed by atoms with van der Waals surface area (Å²) >= 11 is 0. The van der Waals surface area contributed by atoms with Gasteiger partial charge in [0.05, 0.1) is 0 Å². The van der Waals surface area contributed by atoms with Crippen LogP contribution in [0.2, 0.25) is 0 Å². The molecule has 0 bridgehead atoms. The number of hydrogen-bond acceptors (Lipinski definition) is 6. The van der Waals surface area contributed by atoms with Crippen LogP contribution >= 0.6 is 0 Å². The average molecular weight is 914 g/mol. The van der Waals surface area contributed by atoms with Crippen molar-refractivity contribution in [3.8, 4) is 0 Å². The first-order chi connectivity index (χ1) is 32.0. The lowest BCUT2D eigenvalue weighted by atomic mass is 10.0. The maximum atomic E-state index is 12.8. The van der Waals surface area contributed by atoms with E-state index in [1.54, 1.807) is 0 Å². The monoisotopic (exact) mass is 913 g/mol. The average Bonchev–Trinajstić information content (AvgIpc) is 3.30. The van der Waals surface area contributed by atoms with Crippen molar-refractivity contribution in [2.75, 3.05) is 13.2 Å². The Bertz CT molecular complexity index is 1090. The molecular formula is C59H108O6. The highest BCUT2D eigenvalue weighted by atomic mass is 16.6. The Morgan fingerprint density at radius 3 is 0.892 bits per heavy atom. The van der Waals surface area contributed by atoms with Crippen molar-refractivity contribution in [2.45, 2.75) is 309 Å². The predicted molar refractivity (Wildman–Crippen MR) is 279 cm³/mol. The van der Waals surface area contributed by atoms with E-state index in [2.05, 4.69) is 57.2 Å². The van der Waals surface area contributed by atoms with Gasteiger partial charge in [0.2, 0.25) is 0 Å². The summed E-state index contributed by atoms with van der Waals surface area (Å²) in [6.45, 7) is 6.63. The lowest BCUT2D eigenvalue weighted by Crippen LogP contribution is -2.30. The highest BCUT2D eigenvalue weighted by Crippen LogP contribution is 2.16. The van der Waals surface area contributed by atoms with Crippen molar-refractivity contribution < 1.29 is 28.6 Å². The van der Waals surface area contributed by atoms with Crippen LogP contribution in [0, 0.1) is 0 Å². The third kappa shape index (κ3) is 52.5. The standard InChI is InChI=1S/C59H108O6/c1-4-7-10-13-16-19-22-25-27-28-29-30-32-35-37-40-43-46-49-52-58(61)64-55-56(65-59(62)53-50-47-44-41-38-33-24-21-18-15-12-9-6-3)54-63-57(60)51-48-45-42-39-36-34-31-26-23-20-17-14-11-8-5-2/h17,20,25-27,31,56H,4-16,18-19,21-24,28-30,32-55H2,1-3H3/b20-17-,27-25-,31-26-/t56-/m1/s1. The predicted octanol–water partition coefficient (Wildman–Crippen LogP) is 18.9. The largest absolute Gasteiger partial charge is 0.462 e. The zero-order valence-corrected chi connectivity index (χ0v) is 43.5. The molecule has 0 aliphatic rings. The van der Waals surface area contributed by atoms with Gasteiger partial charge in [0.15, 0.2) is 6.10 Å². The number of allylic oxidation sites excluding steroid dienone is 6. The minimum atomic E-state index is -0.775. The molecule has 0 aliphatic carbocycles. The molecule has 0 fully saturated rings. The third-order valence-corrected chi connectivity index (χ3v) is 12.6. The van der Waals surface area contributed by atoms with E-state index >= 15 is 0 Å². The van der Waals surface area contributed by atoms with E-state index in [1.807, 2.05) is 0 Å². The second-order valence-electron chi connectivity index (χ2n) is 19.2. The van der Waals surface area contributed by atoms with Gasteiger partial charge >= 0.3 is 17.9 Å². The number of rotatable bonds is 52. The van der Waals surface area contributed by atoms with Gasteiger partial charge in [-0.05, 0) is 77.0 Å². The fourth-order valence-corrected chi connectivity index (χ4v) is 8.29. The molecule has 0 aromatic heterocycles. The number of unbranched alkanes of at least 4 members (excludes halogenated alkanes) is 35. The zero-order valence-electron chi connectivity index (χ0n) is 43.5. The van der Waals surface area contributed by atoms with E-state index < -0.39 is 6.10 Å². The molecule has 0 spiro atoms. The minimum Gasteiger partial charge on any atom is -0.462 e. The van der Waals surface area contributed by atoms with Crippen LogP contribution in [0.15, 0.2) is 36.5 Å². The van der Waals surface area contributed by atoms with Crippen LogP contribution in [-0.4, -0.2) is 37.2 Å². The molecule has 0 radical (unpaired) electrons. The zero-order chi connectivity index (χ0) is 47.2. The van der Waals surface area contributed by atoms with Gasteiger partial charge in [-0.1, -0.05) is 243 Å². The Morgan fingerprint density at radius 2 is 0.554 bits per heavy atom. The smallest absolute Gasteiger partial charge is 0.306 e. The number of hydrogen-bond donors (Lipinski definition) is 0. The maximum absolute atomic E-state index is 12.8. The van der Waals surface area contributed by atoms with Gasteiger partial charge < -0.3 is 14.2 Å². The number of esters is 3. The molecule has 6 heteroatoms. The second-order valence-corrected chi connectivity index (χ2v) is 19.2. The first kappa shape index (κ1) is 62.6. The minimum absolute atomic E-state index is 0.0743. The van der Waals surface area contributed by atoms with Crippen LogP contribution in [0.3, 0.4) is 0 Å². The highest BCUT2D eigenvalue weighted by molar-refractivity contribution is 5.71. The Balaban J connectivity index is 4.33. The molecule has 1 atom stereocenters. The van der Waals surface area contributed by atoms with E-state index in [4.69, 9.17) is 14.2 Å². The van der Waals surface area contributed by atoms with Crippen molar-refractivity contribution >= 4 is 17.9 Å². The van der Waals surface area contributed by atoms with Crippen LogP contribution in [0.1, 0.15) is 303 Å². The summed E-state index contributed by atoms with van der Waals surface area (Å²) in [6, 6.07) is 0. The Morgan fingerprint density at radius 1 is 0.308 bits per heavy atom. The first-order valence-corrected chi connectivity index (χ1v) is 28.5.